The number of alkyl halides is 3. The standard InChI is InChI=1S/C18H17F3N4O2S/c1-11-23-16(27-24-11)15-10-22-17(28-15)25-8-6-12(7-9-25)26-14-5-3-2-4-13(14)18(19,20)21/h2-5,10,12H,6-9H2,1H3. The van der Waals surface area contributed by atoms with Gasteiger partial charge in [0, 0.05) is 25.9 Å². The topological polar surface area (TPSA) is 64.3 Å². The van der Waals surface area contributed by atoms with Crippen molar-refractivity contribution in [3.05, 3.63) is 41.9 Å². The van der Waals surface area contributed by atoms with Gasteiger partial charge in [0.15, 0.2) is 11.0 Å². The van der Waals surface area contributed by atoms with E-state index in [9.17, 15) is 13.2 Å². The number of halogens is 3. The second-order valence-electron chi connectivity index (χ2n) is 6.45. The fourth-order valence-electron chi connectivity index (χ4n) is 3.06. The maximum atomic E-state index is 13.1. The Kier molecular flexibility index (Phi) is 4.96. The Morgan fingerprint density at radius 3 is 2.64 bits per heavy atom. The Hall–Kier alpha value is -2.62. The van der Waals surface area contributed by atoms with Crippen LogP contribution in [-0.4, -0.2) is 34.3 Å². The van der Waals surface area contributed by atoms with Crippen LogP contribution in [0.4, 0.5) is 18.3 Å². The van der Waals surface area contributed by atoms with Crippen molar-refractivity contribution in [1.29, 1.82) is 0 Å². The molecule has 0 saturated carbocycles. The highest BCUT2D eigenvalue weighted by Crippen LogP contribution is 2.37. The Labute approximate surface area is 163 Å². The summed E-state index contributed by atoms with van der Waals surface area (Å²) in [6.07, 6.45) is -1.78. The number of hydrogen-bond acceptors (Lipinski definition) is 7. The third-order valence-electron chi connectivity index (χ3n) is 4.43. The third-order valence-corrected chi connectivity index (χ3v) is 5.48. The van der Waals surface area contributed by atoms with Crippen LogP contribution >= 0.6 is 11.3 Å². The van der Waals surface area contributed by atoms with Gasteiger partial charge in [-0.05, 0) is 19.1 Å². The number of ether oxygens (including phenoxy) is 1. The van der Waals surface area contributed by atoms with Crippen molar-refractivity contribution in [2.24, 2.45) is 0 Å². The smallest absolute Gasteiger partial charge is 0.419 e. The van der Waals surface area contributed by atoms with E-state index in [0.29, 0.717) is 37.6 Å². The lowest BCUT2D eigenvalue weighted by molar-refractivity contribution is -0.139. The van der Waals surface area contributed by atoms with Crippen molar-refractivity contribution in [3.8, 4) is 16.5 Å². The van der Waals surface area contributed by atoms with Gasteiger partial charge in [-0.1, -0.05) is 28.6 Å². The maximum absolute atomic E-state index is 13.1. The van der Waals surface area contributed by atoms with Gasteiger partial charge in [0.1, 0.15) is 16.7 Å². The van der Waals surface area contributed by atoms with Crippen LogP contribution in [0.2, 0.25) is 0 Å². The zero-order valence-corrected chi connectivity index (χ0v) is 15.8. The van der Waals surface area contributed by atoms with Gasteiger partial charge in [-0.3, -0.25) is 0 Å². The number of hydrogen-bond donors (Lipinski definition) is 0. The largest absolute Gasteiger partial charge is 0.490 e. The minimum absolute atomic E-state index is 0.114. The molecule has 4 rings (SSSR count). The van der Waals surface area contributed by atoms with Crippen molar-refractivity contribution >= 4 is 16.5 Å². The molecule has 0 bridgehead atoms. The molecule has 0 aliphatic carbocycles. The number of thiazole rings is 1. The summed E-state index contributed by atoms with van der Waals surface area (Å²) in [7, 11) is 0. The molecule has 3 heterocycles. The molecule has 1 aliphatic heterocycles. The molecule has 2 aromatic heterocycles. The second-order valence-corrected chi connectivity index (χ2v) is 7.46. The van der Waals surface area contributed by atoms with Crippen LogP contribution in [0.25, 0.3) is 10.8 Å². The highest BCUT2D eigenvalue weighted by atomic mass is 32.1. The molecule has 148 valence electrons. The molecule has 1 aromatic carbocycles. The highest BCUT2D eigenvalue weighted by molar-refractivity contribution is 7.18. The van der Waals surface area contributed by atoms with E-state index in [1.807, 2.05) is 0 Å². The molecular formula is C18H17F3N4O2S. The predicted molar refractivity (Wildman–Crippen MR) is 97.5 cm³/mol. The van der Waals surface area contributed by atoms with Crippen molar-refractivity contribution in [2.45, 2.75) is 32.0 Å². The van der Waals surface area contributed by atoms with Gasteiger partial charge in [-0.25, -0.2) is 4.98 Å². The Morgan fingerprint density at radius 2 is 1.96 bits per heavy atom. The summed E-state index contributed by atoms with van der Waals surface area (Å²) in [5, 5.41) is 4.59. The molecule has 0 atom stereocenters. The lowest BCUT2D eigenvalue weighted by Gasteiger charge is -2.32. The Bertz CT molecular complexity index is 948. The number of para-hydroxylation sites is 1. The minimum atomic E-state index is -4.43. The fraction of sp³-hybridized carbons (Fsp3) is 0.389. The quantitative estimate of drug-likeness (QED) is 0.628. The first kappa shape index (κ1) is 18.7. The van der Waals surface area contributed by atoms with Crippen molar-refractivity contribution in [1.82, 2.24) is 15.1 Å². The second kappa shape index (κ2) is 7.42. The summed E-state index contributed by atoms with van der Waals surface area (Å²) in [6, 6.07) is 5.33. The number of aryl methyl sites for hydroxylation is 1. The van der Waals surface area contributed by atoms with Gasteiger partial charge in [0.2, 0.25) is 0 Å². The van der Waals surface area contributed by atoms with Gasteiger partial charge < -0.3 is 14.2 Å². The molecule has 10 heteroatoms. The molecular weight excluding hydrogens is 393 g/mol. The van der Waals surface area contributed by atoms with Crippen LogP contribution in [0.15, 0.2) is 35.0 Å². The van der Waals surface area contributed by atoms with Gasteiger partial charge in [-0.2, -0.15) is 18.2 Å². The number of anilines is 1. The normalized spacial score (nSPS) is 15.8. The monoisotopic (exact) mass is 410 g/mol. The van der Waals surface area contributed by atoms with Gasteiger partial charge in [-0.15, -0.1) is 0 Å². The van der Waals surface area contributed by atoms with E-state index in [0.717, 1.165) is 16.1 Å². The zero-order valence-electron chi connectivity index (χ0n) is 14.9. The molecule has 0 spiro atoms. The molecule has 28 heavy (non-hydrogen) atoms. The number of rotatable bonds is 4. The molecule has 0 amide bonds. The van der Waals surface area contributed by atoms with Crippen molar-refractivity contribution < 1.29 is 22.4 Å². The van der Waals surface area contributed by atoms with E-state index >= 15 is 0 Å². The lowest BCUT2D eigenvalue weighted by Crippen LogP contribution is -2.38. The lowest BCUT2D eigenvalue weighted by atomic mass is 10.1. The first-order chi connectivity index (χ1) is 13.4. The summed E-state index contributed by atoms with van der Waals surface area (Å²) in [4.78, 5) is 11.5. The average Bonchev–Trinajstić information content (AvgIpc) is 3.31. The zero-order chi connectivity index (χ0) is 19.7. The van der Waals surface area contributed by atoms with E-state index < -0.39 is 11.7 Å². The van der Waals surface area contributed by atoms with Gasteiger partial charge >= 0.3 is 6.18 Å². The minimum Gasteiger partial charge on any atom is -0.490 e. The molecule has 6 nitrogen and oxygen atoms in total. The van der Waals surface area contributed by atoms with Crippen LogP contribution in [0.3, 0.4) is 0 Å². The van der Waals surface area contributed by atoms with Crippen molar-refractivity contribution in [3.63, 3.8) is 0 Å². The number of aromatic nitrogens is 3. The van der Waals surface area contributed by atoms with E-state index in [1.54, 1.807) is 19.2 Å². The highest BCUT2D eigenvalue weighted by Gasteiger charge is 2.35. The summed E-state index contributed by atoms with van der Waals surface area (Å²) in [5.41, 5.74) is -0.739. The molecule has 0 unspecified atom stereocenters. The van der Waals surface area contributed by atoms with Crippen LogP contribution in [-0.2, 0) is 6.18 Å². The van der Waals surface area contributed by atoms with E-state index in [-0.39, 0.29) is 11.9 Å². The predicted octanol–water partition coefficient (Wildman–Crippen LogP) is 4.57. The van der Waals surface area contributed by atoms with Crippen molar-refractivity contribution in [2.75, 3.05) is 18.0 Å². The molecule has 0 radical (unpaired) electrons. The Morgan fingerprint density at radius 1 is 1.21 bits per heavy atom. The van der Waals surface area contributed by atoms with E-state index in [1.165, 1.54) is 23.5 Å². The maximum Gasteiger partial charge on any atom is 0.419 e. The summed E-state index contributed by atoms with van der Waals surface area (Å²) in [6.45, 7) is 3.04. The Balaban J connectivity index is 1.39. The molecule has 1 aliphatic rings. The van der Waals surface area contributed by atoms with Crippen LogP contribution in [0.5, 0.6) is 5.75 Å². The van der Waals surface area contributed by atoms with E-state index in [2.05, 4.69) is 20.0 Å². The molecule has 0 N–H and O–H groups in total. The summed E-state index contributed by atoms with van der Waals surface area (Å²) < 4.78 is 50.2. The number of benzene rings is 1. The SMILES string of the molecule is Cc1noc(-c2cnc(N3CCC(Oc4ccccc4C(F)(F)F)CC3)s2)n1. The van der Waals surface area contributed by atoms with Crippen LogP contribution in [0.1, 0.15) is 24.2 Å². The van der Waals surface area contributed by atoms with Gasteiger partial charge in [0.05, 0.1) is 11.8 Å². The average molecular weight is 410 g/mol. The van der Waals surface area contributed by atoms with E-state index in [4.69, 9.17) is 9.26 Å². The first-order valence-electron chi connectivity index (χ1n) is 8.74. The molecule has 1 fully saturated rings. The number of nitrogens with zero attached hydrogens (tertiary/aromatic N) is 4. The van der Waals surface area contributed by atoms with Crippen LogP contribution < -0.4 is 9.64 Å². The fourth-order valence-corrected chi connectivity index (χ4v) is 3.94. The van der Waals surface area contributed by atoms with Gasteiger partial charge in [0.25, 0.3) is 5.89 Å². The van der Waals surface area contributed by atoms with Crippen LogP contribution in [0, 0.1) is 6.92 Å². The first-order valence-corrected chi connectivity index (χ1v) is 9.56. The summed E-state index contributed by atoms with van der Waals surface area (Å²) >= 11 is 1.45. The molecule has 1 saturated heterocycles. The summed E-state index contributed by atoms with van der Waals surface area (Å²) in [5.74, 6) is 0.877. The molecule has 3 aromatic rings. The third kappa shape index (κ3) is 3.96. The number of piperidine rings is 1.